The van der Waals surface area contributed by atoms with Crippen LogP contribution in [0.25, 0.3) is 0 Å². The van der Waals surface area contributed by atoms with Crippen LogP contribution in [-0.4, -0.2) is 42.8 Å². The average molecular weight is 352 g/mol. The molecule has 0 aliphatic carbocycles. The second-order valence-electron chi connectivity index (χ2n) is 1.48. The van der Waals surface area contributed by atoms with E-state index in [0.29, 0.717) is 5.48 Å². The third kappa shape index (κ3) is 3.07. The first kappa shape index (κ1) is 13.9. The first-order valence-electron chi connectivity index (χ1n) is 2.00. The SMILES string of the molecule is ONC(O)(O)C(O)(O)OO.[Pt]. The van der Waals surface area contributed by atoms with Gasteiger partial charge in [-0.25, -0.2) is 5.26 Å². The molecular weight excluding hydrogens is 345 g/mol. The van der Waals surface area contributed by atoms with E-state index in [9.17, 15) is 0 Å². The van der Waals surface area contributed by atoms with E-state index < -0.39 is 11.9 Å². The Balaban J connectivity index is 0. The van der Waals surface area contributed by atoms with Crippen LogP contribution in [-0.2, 0) is 26.0 Å². The van der Waals surface area contributed by atoms with Crippen LogP contribution in [0.2, 0.25) is 0 Å². The Hall–Kier alpha value is 0.368. The van der Waals surface area contributed by atoms with Gasteiger partial charge in [-0.05, 0) is 0 Å². The number of hydroxylamine groups is 1. The van der Waals surface area contributed by atoms with Crippen molar-refractivity contribution in [2.75, 3.05) is 0 Å². The van der Waals surface area contributed by atoms with E-state index in [4.69, 9.17) is 30.9 Å². The van der Waals surface area contributed by atoms with Crippen molar-refractivity contribution in [2.45, 2.75) is 11.9 Å². The predicted octanol–water partition coefficient (Wildman–Crippen LogP) is -3.27. The number of hydrogen-bond donors (Lipinski definition) is 7. The maximum atomic E-state index is 8.26. The first-order chi connectivity index (χ1) is 4.37. The third-order valence-corrected chi connectivity index (χ3v) is 0.737. The van der Waals surface area contributed by atoms with Crippen molar-refractivity contribution in [3.63, 3.8) is 0 Å². The van der Waals surface area contributed by atoms with Gasteiger partial charge in [0.15, 0.2) is 0 Å². The molecule has 0 atom stereocenters. The van der Waals surface area contributed by atoms with Gasteiger partial charge in [0.1, 0.15) is 0 Å². The van der Waals surface area contributed by atoms with Crippen LogP contribution < -0.4 is 5.48 Å². The molecular formula is C2H7NO7Pt. The molecule has 8 nitrogen and oxygen atoms in total. The number of nitrogens with one attached hydrogen (secondary N) is 1. The van der Waals surface area contributed by atoms with Crippen molar-refractivity contribution in [1.29, 1.82) is 0 Å². The van der Waals surface area contributed by atoms with E-state index in [0.717, 1.165) is 0 Å². The Morgan fingerprint density at radius 3 is 1.55 bits per heavy atom. The van der Waals surface area contributed by atoms with Gasteiger partial charge < -0.3 is 25.6 Å². The van der Waals surface area contributed by atoms with Gasteiger partial charge in [-0.3, -0.25) is 0 Å². The summed E-state index contributed by atoms with van der Waals surface area (Å²) in [5.74, 6) is -7.27. The Morgan fingerprint density at radius 1 is 1.09 bits per heavy atom. The van der Waals surface area contributed by atoms with E-state index in [-0.39, 0.29) is 21.1 Å². The van der Waals surface area contributed by atoms with Gasteiger partial charge in [0.2, 0.25) is 0 Å². The van der Waals surface area contributed by atoms with Crippen LogP contribution in [0.5, 0.6) is 0 Å². The zero-order valence-electron chi connectivity index (χ0n) is 4.91. The molecule has 11 heavy (non-hydrogen) atoms. The Kier molecular flexibility index (Phi) is 5.58. The fourth-order valence-corrected chi connectivity index (χ4v) is 0.136. The summed E-state index contributed by atoms with van der Waals surface area (Å²) in [6.45, 7) is 0. The van der Waals surface area contributed by atoms with Crippen LogP contribution in [0.15, 0.2) is 0 Å². The maximum Gasteiger partial charge on any atom is 0.380 e. The van der Waals surface area contributed by atoms with Crippen molar-refractivity contribution in [2.24, 2.45) is 0 Å². The topological polar surface area (TPSA) is 143 Å². The van der Waals surface area contributed by atoms with E-state index in [2.05, 4.69) is 4.89 Å². The van der Waals surface area contributed by atoms with Crippen LogP contribution in [0.1, 0.15) is 0 Å². The van der Waals surface area contributed by atoms with Gasteiger partial charge in [0.05, 0.1) is 0 Å². The molecule has 0 saturated heterocycles. The van der Waals surface area contributed by atoms with Crippen LogP contribution in [0.4, 0.5) is 0 Å². The van der Waals surface area contributed by atoms with Crippen molar-refractivity contribution >= 4 is 0 Å². The molecule has 0 fully saturated rings. The molecule has 0 unspecified atom stereocenters. The van der Waals surface area contributed by atoms with Crippen LogP contribution in [0, 0.1) is 0 Å². The Morgan fingerprint density at radius 2 is 1.45 bits per heavy atom. The van der Waals surface area contributed by atoms with Gasteiger partial charge in [-0.1, -0.05) is 0 Å². The van der Waals surface area contributed by atoms with Crippen molar-refractivity contribution in [3.05, 3.63) is 0 Å². The smallest absolute Gasteiger partial charge is 0.345 e. The second kappa shape index (κ2) is 4.41. The molecule has 0 aromatic rings. The third-order valence-electron chi connectivity index (χ3n) is 0.737. The van der Waals surface area contributed by atoms with Crippen LogP contribution in [0.3, 0.4) is 0 Å². The first-order valence-corrected chi connectivity index (χ1v) is 2.00. The number of hydrogen-bond acceptors (Lipinski definition) is 8. The van der Waals surface area contributed by atoms with Crippen LogP contribution >= 0.6 is 0 Å². The van der Waals surface area contributed by atoms with Crippen molar-refractivity contribution in [1.82, 2.24) is 5.48 Å². The fourth-order valence-electron chi connectivity index (χ4n) is 0.136. The molecule has 0 aromatic carbocycles. The minimum atomic E-state index is -3.71. The summed E-state index contributed by atoms with van der Waals surface area (Å²) >= 11 is 0. The van der Waals surface area contributed by atoms with E-state index >= 15 is 0 Å². The summed E-state index contributed by atoms with van der Waals surface area (Å²) in [4.78, 5) is 2.78. The summed E-state index contributed by atoms with van der Waals surface area (Å²) in [5.41, 5.74) is 0.659. The molecule has 0 amide bonds. The summed E-state index contributed by atoms with van der Waals surface area (Å²) in [6.07, 6.45) is 0. The summed E-state index contributed by atoms with van der Waals surface area (Å²) < 4.78 is 0. The predicted molar refractivity (Wildman–Crippen MR) is 23.0 cm³/mol. The molecule has 0 radical (unpaired) electrons. The minimum Gasteiger partial charge on any atom is -0.345 e. The molecule has 0 saturated carbocycles. The Labute approximate surface area is 74.8 Å². The van der Waals surface area contributed by atoms with E-state index in [1.165, 1.54) is 0 Å². The summed E-state index contributed by atoms with van der Waals surface area (Å²) in [6, 6.07) is 0. The molecule has 0 heterocycles. The van der Waals surface area contributed by atoms with Gasteiger partial charge >= 0.3 is 11.9 Å². The molecule has 0 spiro atoms. The largest absolute Gasteiger partial charge is 0.380 e. The molecule has 9 heteroatoms. The molecule has 0 aliphatic rings. The van der Waals surface area contributed by atoms with E-state index in [1.807, 2.05) is 0 Å². The normalized spacial score (nSPS) is 12.5. The maximum absolute atomic E-state index is 8.26. The standard InChI is InChI=1S/C2H7NO7.Pt/c4-1(5,3-8)2(6,7)10-9;/h3-9H;. The molecule has 72 valence electrons. The van der Waals surface area contributed by atoms with E-state index in [1.54, 1.807) is 0 Å². The second-order valence-corrected chi connectivity index (χ2v) is 1.48. The molecule has 0 bridgehead atoms. The van der Waals surface area contributed by atoms with Gasteiger partial charge in [-0.2, -0.15) is 4.89 Å². The monoisotopic (exact) mass is 352 g/mol. The molecule has 0 rings (SSSR count). The van der Waals surface area contributed by atoms with Crippen molar-refractivity contribution < 1.29 is 56.8 Å². The fraction of sp³-hybridized carbons (Fsp3) is 1.00. The Bertz CT molecular complexity index is 101. The zero-order chi connectivity index (χ0) is 8.41. The van der Waals surface area contributed by atoms with Gasteiger partial charge in [0, 0.05) is 21.1 Å². The molecule has 7 N–H and O–H groups in total. The molecule has 0 aromatic heterocycles. The number of rotatable bonds is 3. The van der Waals surface area contributed by atoms with Gasteiger partial charge in [-0.15, -0.1) is 5.48 Å². The summed E-state index contributed by atoms with van der Waals surface area (Å²) in [5, 5.41) is 48.3. The van der Waals surface area contributed by atoms with Gasteiger partial charge in [0.25, 0.3) is 0 Å². The average Bonchev–Trinajstić information content (AvgIpc) is 1.88. The zero-order valence-corrected chi connectivity index (χ0v) is 7.18. The van der Waals surface area contributed by atoms with Crippen molar-refractivity contribution in [3.8, 4) is 0 Å². The quantitative estimate of drug-likeness (QED) is 0.159. The summed E-state index contributed by atoms with van der Waals surface area (Å²) in [7, 11) is 0. The minimum absolute atomic E-state index is 0. The number of aliphatic hydroxyl groups is 4. The molecule has 0 aliphatic heterocycles.